The molecule has 0 saturated heterocycles. The maximum Gasteiger partial charge on any atom is 0.254 e. The zero-order chi connectivity index (χ0) is 25.8. The van der Waals surface area contributed by atoms with Gasteiger partial charge in [0.15, 0.2) is 0 Å². The van der Waals surface area contributed by atoms with E-state index in [9.17, 15) is 9.18 Å². The fourth-order valence-electron chi connectivity index (χ4n) is 4.57. The van der Waals surface area contributed by atoms with Gasteiger partial charge in [-0.25, -0.2) is 9.37 Å². The topological polar surface area (TPSA) is 64.2 Å². The Morgan fingerprint density at radius 2 is 1.78 bits per heavy atom. The van der Waals surface area contributed by atoms with E-state index in [1.165, 1.54) is 12.1 Å². The number of carbonyl (C=O) groups is 1. The van der Waals surface area contributed by atoms with Crippen LogP contribution in [0.25, 0.3) is 11.0 Å². The van der Waals surface area contributed by atoms with E-state index in [0.29, 0.717) is 47.7 Å². The van der Waals surface area contributed by atoms with Crippen LogP contribution < -0.4 is 5.73 Å². The summed E-state index contributed by atoms with van der Waals surface area (Å²) in [6.07, 6.45) is 0.660. The van der Waals surface area contributed by atoms with Gasteiger partial charge in [-0.2, -0.15) is 0 Å². The zero-order valence-corrected chi connectivity index (χ0v) is 21.7. The number of aryl methyl sites for hydroxylation is 1. The van der Waals surface area contributed by atoms with Crippen LogP contribution in [0.1, 0.15) is 53.6 Å². The molecule has 0 aliphatic carbocycles. The number of hydrogen-bond acceptors (Lipinski definition) is 3. The quantitative estimate of drug-likeness (QED) is 0.286. The SMILES string of the molecule is Cc1ccc(C(=O)N(CCCN)[C@@H](c2nc3ccc(F)cc3n2Cc2ccc(Cl)cc2)C(C)C)cc1. The van der Waals surface area contributed by atoms with Crippen molar-refractivity contribution in [3.05, 3.63) is 100 Å². The summed E-state index contributed by atoms with van der Waals surface area (Å²) < 4.78 is 16.4. The molecule has 0 fully saturated rings. The van der Waals surface area contributed by atoms with Crippen molar-refractivity contribution in [2.45, 2.75) is 39.8 Å². The predicted molar refractivity (Wildman–Crippen MR) is 144 cm³/mol. The number of carbonyl (C=O) groups excluding carboxylic acids is 1. The molecule has 188 valence electrons. The van der Waals surface area contributed by atoms with Crippen molar-refractivity contribution in [1.82, 2.24) is 14.5 Å². The number of aromatic nitrogens is 2. The Kier molecular flexibility index (Phi) is 8.07. The first-order chi connectivity index (χ1) is 17.3. The van der Waals surface area contributed by atoms with Gasteiger partial charge in [0.05, 0.1) is 17.1 Å². The summed E-state index contributed by atoms with van der Waals surface area (Å²) in [5.74, 6) is 0.363. The van der Waals surface area contributed by atoms with Crippen LogP contribution in [-0.2, 0) is 6.54 Å². The normalized spacial score (nSPS) is 12.3. The standard InChI is InChI=1S/C29H32ClFN4O/c1-19(2)27(34(16-4-15-32)29(36)22-9-5-20(3)6-10-22)28-33-25-14-13-24(31)17-26(25)35(28)18-21-7-11-23(30)12-8-21/h5-14,17,19,27H,4,15-16,18,32H2,1-3H3/t27-/m1/s1. The van der Waals surface area contributed by atoms with Crippen LogP contribution in [0, 0.1) is 18.7 Å². The molecule has 1 amide bonds. The zero-order valence-electron chi connectivity index (χ0n) is 20.9. The van der Waals surface area contributed by atoms with Crippen LogP contribution in [0.5, 0.6) is 0 Å². The first-order valence-corrected chi connectivity index (χ1v) is 12.6. The minimum absolute atomic E-state index is 0.0443. The fraction of sp³-hybridized carbons (Fsp3) is 0.310. The van der Waals surface area contributed by atoms with Crippen molar-refractivity contribution in [3.8, 4) is 0 Å². The van der Waals surface area contributed by atoms with Crippen LogP contribution in [0.3, 0.4) is 0 Å². The molecule has 36 heavy (non-hydrogen) atoms. The number of halogens is 2. The molecule has 1 heterocycles. The number of fused-ring (bicyclic) bond motifs is 1. The molecule has 0 spiro atoms. The number of nitrogens with two attached hydrogens (primary N) is 1. The lowest BCUT2D eigenvalue weighted by Crippen LogP contribution is -2.40. The van der Waals surface area contributed by atoms with Crippen molar-refractivity contribution < 1.29 is 9.18 Å². The molecule has 4 rings (SSSR count). The molecule has 4 aromatic rings. The minimum Gasteiger partial charge on any atom is -0.330 e. The Hall–Kier alpha value is -3.22. The van der Waals surface area contributed by atoms with Gasteiger partial charge in [-0.15, -0.1) is 0 Å². The molecule has 0 aliphatic heterocycles. The second-order valence-corrected chi connectivity index (χ2v) is 9.95. The highest BCUT2D eigenvalue weighted by Crippen LogP contribution is 2.33. The maximum absolute atomic E-state index is 14.3. The molecular weight excluding hydrogens is 475 g/mol. The number of hydrogen-bond donors (Lipinski definition) is 1. The van der Waals surface area contributed by atoms with E-state index >= 15 is 0 Å². The van der Waals surface area contributed by atoms with Gasteiger partial charge in [-0.3, -0.25) is 4.79 Å². The number of nitrogens with zero attached hydrogens (tertiary/aromatic N) is 3. The monoisotopic (exact) mass is 506 g/mol. The first-order valence-electron chi connectivity index (χ1n) is 12.3. The van der Waals surface area contributed by atoms with E-state index in [-0.39, 0.29) is 23.7 Å². The van der Waals surface area contributed by atoms with Crippen molar-refractivity contribution in [1.29, 1.82) is 0 Å². The van der Waals surface area contributed by atoms with Crippen molar-refractivity contribution in [3.63, 3.8) is 0 Å². The molecular formula is C29H32ClFN4O. The average molecular weight is 507 g/mol. The molecule has 0 aliphatic rings. The van der Waals surface area contributed by atoms with Crippen LogP contribution >= 0.6 is 11.6 Å². The van der Waals surface area contributed by atoms with Crippen LogP contribution in [0.15, 0.2) is 66.7 Å². The highest BCUT2D eigenvalue weighted by molar-refractivity contribution is 6.30. The highest BCUT2D eigenvalue weighted by Gasteiger charge is 2.32. The largest absolute Gasteiger partial charge is 0.330 e. The molecule has 1 aromatic heterocycles. The van der Waals surface area contributed by atoms with Gasteiger partial charge < -0.3 is 15.2 Å². The Morgan fingerprint density at radius 1 is 1.08 bits per heavy atom. The molecule has 0 bridgehead atoms. The Bertz CT molecular complexity index is 1330. The van der Waals surface area contributed by atoms with E-state index in [2.05, 4.69) is 13.8 Å². The Labute approximate surface area is 216 Å². The van der Waals surface area contributed by atoms with Crippen molar-refractivity contribution in [2.75, 3.05) is 13.1 Å². The van der Waals surface area contributed by atoms with Gasteiger partial charge in [-0.05, 0) is 73.8 Å². The highest BCUT2D eigenvalue weighted by atomic mass is 35.5. The molecule has 3 aromatic carbocycles. The van der Waals surface area contributed by atoms with E-state index in [4.69, 9.17) is 22.3 Å². The third-order valence-corrected chi connectivity index (χ3v) is 6.64. The summed E-state index contributed by atoms with van der Waals surface area (Å²) in [6.45, 7) is 7.58. The van der Waals surface area contributed by atoms with Gasteiger partial charge in [0.2, 0.25) is 0 Å². The maximum atomic E-state index is 14.3. The van der Waals surface area contributed by atoms with E-state index in [1.807, 2.05) is 64.9 Å². The van der Waals surface area contributed by atoms with E-state index in [0.717, 1.165) is 17.0 Å². The lowest BCUT2D eigenvalue weighted by Gasteiger charge is -2.34. The van der Waals surface area contributed by atoms with Gasteiger partial charge >= 0.3 is 0 Å². The summed E-state index contributed by atoms with van der Waals surface area (Å²) in [4.78, 5) is 20.7. The lowest BCUT2D eigenvalue weighted by atomic mass is 9.99. The summed E-state index contributed by atoms with van der Waals surface area (Å²) in [6, 6.07) is 19.4. The minimum atomic E-state index is -0.340. The molecule has 5 nitrogen and oxygen atoms in total. The number of imidazole rings is 1. The van der Waals surface area contributed by atoms with Gasteiger partial charge in [0.25, 0.3) is 5.91 Å². The van der Waals surface area contributed by atoms with E-state index in [1.54, 1.807) is 6.07 Å². The molecule has 2 N–H and O–H groups in total. The molecule has 7 heteroatoms. The number of amides is 1. The van der Waals surface area contributed by atoms with Crippen molar-refractivity contribution in [2.24, 2.45) is 11.7 Å². The van der Waals surface area contributed by atoms with E-state index < -0.39 is 0 Å². The summed E-state index contributed by atoms with van der Waals surface area (Å²) >= 11 is 6.10. The fourth-order valence-corrected chi connectivity index (χ4v) is 4.69. The molecule has 0 unspecified atom stereocenters. The predicted octanol–water partition coefficient (Wildman–Crippen LogP) is 6.37. The lowest BCUT2D eigenvalue weighted by molar-refractivity contribution is 0.0605. The molecule has 1 atom stereocenters. The summed E-state index contributed by atoms with van der Waals surface area (Å²) in [5.41, 5.74) is 9.95. The van der Waals surface area contributed by atoms with Gasteiger partial charge in [0, 0.05) is 23.7 Å². The summed E-state index contributed by atoms with van der Waals surface area (Å²) in [5, 5.41) is 0.650. The van der Waals surface area contributed by atoms with Crippen LogP contribution in [0.2, 0.25) is 5.02 Å². The van der Waals surface area contributed by atoms with Crippen LogP contribution in [-0.4, -0.2) is 33.4 Å². The van der Waals surface area contributed by atoms with Gasteiger partial charge in [-0.1, -0.05) is 55.3 Å². The number of benzene rings is 3. The molecule has 0 saturated carbocycles. The van der Waals surface area contributed by atoms with Crippen molar-refractivity contribution >= 4 is 28.5 Å². The van der Waals surface area contributed by atoms with Gasteiger partial charge in [0.1, 0.15) is 11.6 Å². The Balaban J connectivity index is 1.85. The summed E-state index contributed by atoms with van der Waals surface area (Å²) in [7, 11) is 0. The second-order valence-electron chi connectivity index (χ2n) is 9.51. The third kappa shape index (κ3) is 5.61. The number of rotatable bonds is 9. The smallest absolute Gasteiger partial charge is 0.254 e. The van der Waals surface area contributed by atoms with Crippen LogP contribution in [0.4, 0.5) is 4.39 Å². The first kappa shape index (κ1) is 25.9. The average Bonchev–Trinajstić information content (AvgIpc) is 3.19. The molecule has 0 radical (unpaired) electrons. The third-order valence-electron chi connectivity index (χ3n) is 6.39. The second kappa shape index (κ2) is 11.2. The Morgan fingerprint density at radius 3 is 2.42 bits per heavy atom.